The second-order valence-corrected chi connectivity index (χ2v) is 4.33. The summed E-state index contributed by atoms with van der Waals surface area (Å²) >= 11 is 9.23. The molecule has 0 bridgehead atoms. The summed E-state index contributed by atoms with van der Waals surface area (Å²) in [6, 6.07) is 5.62. The van der Waals surface area contributed by atoms with Gasteiger partial charge in [-0.2, -0.15) is 0 Å². The van der Waals surface area contributed by atoms with Crippen LogP contribution in [0.2, 0.25) is 5.02 Å². The number of aliphatic hydroxyl groups is 1. The fraction of sp³-hybridized carbons (Fsp3) is 0.400. The number of anilines is 1. The van der Waals surface area contributed by atoms with Gasteiger partial charge in [0.05, 0.1) is 11.1 Å². The van der Waals surface area contributed by atoms with Crippen molar-refractivity contribution >= 4 is 33.2 Å². The first-order valence-corrected chi connectivity index (χ1v) is 5.67. The van der Waals surface area contributed by atoms with Crippen LogP contribution in [0.15, 0.2) is 22.7 Å². The summed E-state index contributed by atoms with van der Waals surface area (Å²) in [6.07, 6.45) is 0.439. The molecule has 1 aromatic carbocycles. The van der Waals surface area contributed by atoms with E-state index in [1.54, 1.807) is 0 Å². The minimum atomic E-state index is -0.308. The van der Waals surface area contributed by atoms with Crippen molar-refractivity contribution in [2.24, 2.45) is 0 Å². The van der Waals surface area contributed by atoms with Crippen molar-refractivity contribution < 1.29 is 5.11 Å². The second kappa shape index (κ2) is 5.59. The van der Waals surface area contributed by atoms with Gasteiger partial charge in [0.2, 0.25) is 0 Å². The molecule has 1 unspecified atom stereocenters. The first-order valence-electron chi connectivity index (χ1n) is 4.50. The first-order chi connectivity index (χ1) is 6.63. The zero-order chi connectivity index (χ0) is 10.6. The SMILES string of the molecule is CCC(O)CNc1ccc(Br)c(Cl)c1. The van der Waals surface area contributed by atoms with Crippen molar-refractivity contribution in [1.82, 2.24) is 0 Å². The van der Waals surface area contributed by atoms with Gasteiger partial charge in [-0.1, -0.05) is 18.5 Å². The van der Waals surface area contributed by atoms with Crippen molar-refractivity contribution in [2.45, 2.75) is 19.4 Å². The van der Waals surface area contributed by atoms with Crippen molar-refractivity contribution in [1.29, 1.82) is 0 Å². The lowest BCUT2D eigenvalue weighted by molar-refractivity contribution is 0.183. The molecule has 0 radical (unpaired) electrons. The van der Waals surface area contributed by atoms with Crippen molar-refractivity contribution in [3.05, 3.63) is 27.7 Å². The van der Waals surface area contributed by atoms with E-state index in [1.165, 1.54) is 0 Å². The molecular formula is C10H13BrClNO. The van der Waals surface area contributed by atoms with Crippen LogP contribution < -0.4 is 5.32 Å². The maximum atomic E-state index is 9.34. The highest BCUT2D eigenvalue weighted by molar-refractivity contribution is 9.10. The molecule has 2 N–H and O–H groups in total. The molecule has 2 nitrogen and oxygen atoms in total. The van der Waals surface area contributed by atoms with Gasteiger partial charge < -0.3 is 10.4 Å². The summed E-state index contributed by atoms with van der Waals surface area (Å²) in [5.41, 5.74) is 0.922. The number of rotatable bonds is 4. The number of benzene rings is 1. The van der Waals surface area contributed by atoms with E-state index in [2.05, 4.69) is 21.2 Å². The van der Waals surface area contributed by atoms with Gasteiger partial charge in [-0.05, 0) is 40.5 Å². The Hall–Kier alpha value is -0.250. The Morgan fingerprint density at radius 2 is 2.29 bits per heavy atom. The Morgan fingerprint density at radius 3 is 2.86 bits per heavy atom. The van der Waals surface area contributed by atoms with Crippen LogP contribution in [0.1, 0.15) is 13.3 Å². The highest BCUT2D eigenvalue weighted by Gasteiger charge is 2.01. The Kier molecular flexibility index (Phi) is 4.72. The van der Waals surface area contributed by atoms with Crippen LogP contribution in [-0.4, -0.2) is 17.8 Å². The van der Waals surface area contributed by atoms with Crippen molar-refractivity contribution in [3.63, 3.8) is 0 Å². The average Bonchev–Trinajstić information content (AvgIpc) is 2.19. The molecule has 78 valence electrons. The van der Waals surface area contributed by atoms with E-state index in [4.69, 9.17) is 11.6 Å². The van der Waals surface area contributed by atoms with Crippen LogP contribution in [0.3, 0.4) is 0 Å². The predicted octanol–water partition coefficient (Wildman–Crippen LogP) is 3.29. The third-order valence-electron chi connectivity index (χ3n) is 1.93. The van der Waals surface area contributed by atoms with Gasteiger partial charge in [-0.3, -0.25) is 0 Å². The van der Waals surface area contributed by atoms with E-state index in [0.717, 1.165) is 16.6 Å². The second-order valence-electron chi connectivity index (χ2n) is 3.07. The largest absolute Gasteiger partial charge is 0.391 e. The fourth-order valence-corrected chi connectivity index (χ4v) is 1.41. The Morgan fingerprint density at radius 1 is 1.57 bits per heavy atom. The number of nitrogens with one attached hydrogen (secondary N) is 1. The molecule has 0 aromatic heterocycles. The molecule has 0 saturated carbocycles. The maximum Gasteiger partial charge on any atom is 0.0709 e. The normalized spacial score (nSPS) is 12.6. The Bertz CT molecular complexity index is 306. The molecular weight excluding hydrogens is 265 g/mol. The molecule has 0 aliphatic carbocycles. The Labute approximate surface area is 97.4 Å². The van der Waals surface area contributed by atoms with Gasteiger partial charge in [0.15, 0.2) is 0 Å². The summed E-state index contributed by atoms with van der Waals surface area (Å²) in [5, 5.41) is 13.1. The molecule has 0 fully saturated rings. The van der Waals surface area contributed by atoms with Crippen LogP contribution in [0, 0.1) is 0 Å². The molecule has 0 spiro atoms. The highest BCUT2D eigenvalue weighted by atomic mass is 79.9. The smallest absolute Gasteiger partial charge is 0.0709 e. The minimum absolute atomic E-state index is 0.308. The maximum absolute atomic E-state index is 9.34. The Balaban J connectivity index is 2.55. The summed E-state index contributed by atoms with van der Waals surface area (Å²) in [6.45, 7) is 2.50. The predicted molar refractivity (Wildman–Crippen MR) is 63.9 cm³/mol. The molecule has 1 rings (SSSR count). The molecule has 1 aromatic rings. The van der Waals surface area contributed by atoms with Crippen LogP contribution in [0.25, 0.3) is 0 Å². The lowest BCUT2D eigenvalue weighted by Gasteiger charge is -2.11. The number of hydrogen-bond donors (Lipinski definition) is 2. The molecule has 14 heavy (non-hydrogen) atoms. The van der Waals surface area contributed by atoms with E-state index >= 15 is 0 Å². The van der Waals surface area contributed by atoms with E-state index in [0.29, 0.717) is 11.6 Å². The molecule has 0 amide bonds. The lowest BCUT2D eigenvalue weighted by Crippen LogP contribution is -2.18. The van der Waals surface area contributed by atoms with Crippen molar-refractivity contribution in [2.75, 3.05) is 11.9 Å². The summed E-state index contributed by atoms with van der Waals surface area (Å²) < 4.78 is 0.876. The van der Waals surface area contributed by atoms with Crippen LogP contribution >= 0.6 is 27.5 Å². The van der Waals surface area contributed by atoms with Gasteiger partial charge in [-0.15, -0.1) is 0 Å². The lowest BCUT2D eigenvalue weighted by atomic mass is 10.2. The minimum Gasteiger partial charge on any atom is -0.391 e. The third kappa shape index (κ3) is 3.48. The van der Waals surface area contributed by atoms with Crippen LogP contribution in [0.4, 0.5) is 5.69 Å². The fourth-order valence-electron chi connectivity index (χ4n) is 0.986. The number of aliphatic hydroxyl groups excluding tert-OH is 1. The third-order valence-corrected chi connectivity index (χ3v) is 3.17. The zero-order valence-corrected chi connectivity index (χ0v) is 10.3. The van der Waals surface area contributed by atoms with Gasteiger partial charge in [-0.25, -0.2) is 0 Å². The molecule has 0 aliphatic rings. The molecule has 0 aliphatic heterocycles. The van der Waals surface area contributed by atoms with E-state index in [9.17, 15) is 5.11 Å². The first kappa shape index (κ1) is 11.8. The van der Waals surface area contributed by atoms with Crippen molar-refractivity contribution in [3.8, 4) is 0 Å². The van der Waals surface area contributed by atoms with E-state index in [1.807, 2.05) is 25.1 Å². The summed E-state index contributed by atoms with van der Waals surface area (Å²) in [4.78, 5) is 0. The highest BCUT2D eigenvalue weighted by Crippen LogP contribution is 2.25. The standard InChI is InChI=1S/C10H13BrClNO/c1-2-8(14)6-13-7-3-4-9(11)10(12)5-7/h3-5,8,13-14H,2,6H2,1H3. The van der Waals surface area contributed by atoms with Gasteiger partial charge in [0.25, 0.3) is 0 Å². The van der Waals surface area contributed by atoms with Gasteiger partial charge in [0, 0.05) is 16.7 Å². The summed E-state index contributed by atoms with van der Waals surface area (Å²) in [5.74, 6) is 0. The van der Waals surface area contributed by atoms with Gasteiger partial charge in [0.1, 0.15) is 0 Å². The molecule has 1 atom stereocenters. The molecule has 0 heterocycles. The molecule has 4 heteroatoms. The van der Waals surface area contributed by atoms with E-state index < -0.39 is 0 Å². The quantitative estimate of drug-likeness (QED) is 0.886. The summed E-state index contributed by atoms with van der Waals surface area (Å²) in [7, 11) is 0. The zero-order valence-electron chi connectivity index (χ0n) is 7.93. The average molecular weight is 279 g/mol. The topological polar surface area (TPSA) is 32.3 Å². The van der Waals surface area contributed by atoms with E-state index in [-0.39, 0.29) is 6.10 Å². The number of hydrogen-bond acceptors (Lipinski definition) is 2. The van der Waals surface area contributed by atoms with Crippen LogP contribution in [-0.2, 0) is 0 Å². The monoisotopic (exact) mass is 277 g/mol. The number of halogens is 2. The van der Waals surface area contributed by atoms with Gasteiger partial charge >= 0.3 is 0 Å². The molecule has 0 saturated heterocycles. The van der Waals surface area contributed by atoms with Crippen LogP contribution in [0.5, 0.6) is 0 Å².